The number of amides is 1. The van der Waals surface area contributed by atoms with Gasteiger partial charge in [-0.1, -0.05) is 39.0 Å². The van der Waals surface area contributed by atoms with Crippen molar-refractivity contribution in [3.05, 3.63) is 47.3 Å². The van der Waals surface area contributed by atoms with E-state index in [4.69, 9.17) is 5.10 Å². The van der Waals surface area contributed by atoms with Crippen LogP contribution in [0.2, 0.25) is 0 Å². The molecule has 0 fully saturated rings. The lowest BCUT2D eigenvalue weighted by Crippen LogP contribution is -2.36. The molecule has 1 N–H and O–H groups in total. The van der Waals surface area contributed by atoms with E-state index in [0.29, 0.717) is 6.42 Å². The Morgan fingerprint density at radius 1 is 1.35 bits per heavy atom. The maximum absolute atomic E-state index is 12.0. The van der Waals surface area contributed by atoms with Gasteiger partial charge >= 0.3 is 0 Å². The quantitative estimate of drug-likeness (QED) is 0.939. The summed E-state index contributed by atoms with van der Waals surface area (Å²) < 4.78 is 2.05. The number of fused-ring (bicyclic) bond motifs is 1. The van der Waals surface area contributed by atoms with Gasteiger partial charge in [-0.3, -0.25) is 4.79 Å². The van der Waals surface area contributed by atoms with E-state index >= 15 is 0 Å². The third-order valence-electron chi connectivity index (χ3n) is 4.61. The van der Waals surface area contributed by atoms with Gasteiger partial charge < -0.3 is 5.32 Å². The molecule has 1 aromatic heterocycles. The second kappa shape index (κ2) is 5.84. The van der Waals surface area contributed by atoms with E-state index in [0.717, 1.165) is 24.2 Å². The van der Waals surface area contributed by atoms with E-state index in [1.165, 1.54) is 11.3 Å². The Hall–Kier alpha value is -2.10. The lowest BCUT2D eigenvalue weighted by atomic mass is 9.73. The van der Waals surface area contributed by atoms with E-state index in [9.17, 15) is 4.79 Å². The van der Waals surface area contributed by atoms with Crippen LogP contribution in [0.5, 0.6) is 0 Å². The minimum atomic E-state index is 0.0543. The molecular formula is C19H25N3O. The summed E-state index contributed by atoms with van der Waals surface area (Å²) in [4.78, 5) is 12.0. The standard InChI is InChI=1S/C19H25N3O/c1-5-17(23)20-15-11-19(3,4)12-16-18(15)13(2)21-22(16)14-9-7-6-8-10-14/h6-10,15H,5,11-12H2,1-4H3,(H,20,23)/t15-/m0/s1. The maximum atomic E-state index is 12.0. The molecular weight excluding hydrogens is 286 g/mol. The zero-order chi connectivity index (χ0) is 16.6. The predicted octanol–water partition coefficient (Wildman–Crippen LogP) is 3.72. The van der Waals surface area contributed by atoms with E-state index in [1.54, 1.807) is 0 Å². The van der Waals surface area contributed by atoms with Gasteiger partial charge in [-0.2, -0.15) is 5.10 Å². The molecule has 1 heterocycles. The van der Waals surface area contributed by atoms with Crippen molar-refractivity contribution >= 4 is 5.91 Å². The van der Waals surface area contributed by atoms with E-state index in [-0.39, 0.29) is 17.4 Å². The molecule has 1 amide bonds. The first kappa shape index (κ1) is 15.8. The normalized spacial score (nSPS) is 19.2. The smallest absolute Gasteiger partial charge is 0.220 e. The summed E-state index contributed by atoms with van der Waals surface area (Å²) in [7, 11) is 0. The highest BCUT2D eigenvalue weighted by molar-refractivity contribution is 5.76. The Bertz CT molecular complexity index is 716. The highest BCUT2D eigenvalue weighted by Crippen LogP contribution is 2.42. The number of para-hydroxylation sites is 1. The highest BCUT2D eigenvalue weighted by atomic mass is 16.1. The molecule has 4 nitrogen and oxygen atoms in total. The molecule has 4 heteroatoms. The van der Waals surface area contributed by atoms with Crippen molar-refractivity contribution in [1.29, 1.82) is 0 Å². The van der Waals surface area contributed by atoms with Gasteiger partial charge in [-0.05, 0) is 37.3 Å². The number of hydrogen-bond acceptors (Lipinski definition) is 2. The van der Waals surface area contributed by atoms with Crippen LogP contribution in [-0.4, -0.2) is 15.7 Å². The topological polar surface area (TPSA) is 46.9 Å². The Labute approximate surface area is 137 Å². The lowest BCUT2D eigenvalue weighted by molar-refractivity contribution is -0.121. The summed E-state index contributed by atoms with van der Waals surface area (Å²) in [6.45, 7) is 8.46. The van der Waals surface area contributed by atoms with Gasteiger partial charge in [0.15, 0.2) is 0 Å². The predicted molar refractivity (Wildman–Crippen MR) is 91.6 cm³/mol. The highest BCUT2D eigenvalue weighted by Gasteiger charge is 2.37. The SMILES string of the molecule is CCC(=O)N[C@H]1CC(C)(C)Cc2c1c(C)nn2-c1ccccc1. The second-order valence-electron chi connectivity index (χ2n) is 7.21. The number of carbonyl (C=O) groups excluding carboxylic acids is 1. The van der Waals surface area contributed by atoms with E-state index in [2.05, 4.69) is 36.0 Å². The number of hydrogen-bond donors (Lipinski definition) is 1. The molecule has 2 aromatic rings. The molecule has 0 aliphatic heterocycles. The molecule has 122 valence electrons. The maximum Gasteiger partial charge on any atom is 0.220 e. The fraction of sp³-hybridized carbons (Fsp3) is 0.474. The second-order valence-corrected chi connectivity index (χ2v) is 7.21. The molecule has 0 saturated heterocycles. The van der Waals surface area contributed by atoms with Crippen LogP contribution in [-0.2, 0) is 11.2 Å². The molecule has 0 radical (unpaired) electrons. The number of nitrogens with zero attached hydrogens (tertiary/aromatic N) is 2. The van der Waals surface area contributed by atoms with Crippen LogP contribution >= 0.6 is 0 Å². The largest absolute Gasteiger partial charge is 0.349 e. The van der Waals surface area contributed by atoms with Crippen molar-refractivity contribution in [2.24, 2.45) is 5.41 Å². The van der Waals surface area contributed by atoms with E-state index < -0.39 is 0 Å². The van der Waals surface area contributed by atoms with Crippen LogP contribution < -0.4 is 5.32 Å². The zero-order valence-corrected chi connectivity index (χ0v) is 14.4. The molecule has 0 spiro atoms. The number of benzene rings is 1. The summed E-state index contributed by atoms with van der Waals surface area (Å²) in [6, 6.07) is 10.3. The molecule has 3 rings (SSSR count). The van der Waals surface area contributed by atoms with E-state index in [1.807, 2.05) is 32.0 Å². The molecule has 1 aliphatic carbocycles. The molecule has 0 bridgehead atoms. The third kappa shape index (κ3) is 3.03. The Kier molecular flexibility index (Phi) is 4.00. The first-order valence-electron chi connectivity index (χ1n) is 8.34. The number of aromatic nitrogens is 2. The Morgan fingerprint density at radius 2 is 2.04 bits per heavy atom. The summed E-state index contributed by atoms with van der Waals surface area (Å²) in [5.41, 5.74) is 4.66. The summed E-state index contributed by atoms with van der Waals surface area (Å²) >= 11 is 0. The molecule has 23 heavy (non-hydrogen) atoms. The minimum Gasteiger partial charge on any atom is -0.349 e. The monoisotopic (exact) mass is 311 g/mol. The third-order valence-corrected chi connectivity index (χ3v) is 4.61. The van der Waals surface area contributed by atoms with Crippen molar-refractivity contribution in [2.75, 3.05) is 0 Å². The fourth-order valence-corrected chi connectivity index (χ4v) is 3.59. The molecule has 1 aromatic carbocycles. The van der Waals surface area contributed by atoms with Gasteiger partial charge in [0.2, 0.25) is 5.91 Å². The Balaban J connectivity index is 2.09. The zero-order valence-electron chi connectivity index (χ0n) is 14.4. The van der Waals surface area contributed by atoms with Crippen LogP contribution in [0.4, 0.5) is 0 Å². The van der Waals surface area contributed by atoms with Crippen LogP contribution in [0, 0.1) is 12.3 Å². The van der Waals surface area contributed by atoms with Gasteiger partial charge in [-0.15, -0.1) is 0 Å². The number of rotatable bonds is 3. The summed E-state index contributed by atoms with van der Waals surface area (Å²) in [5, 5.41) is 7.97. The van der Waals surface area contributed by atoms with Crippen molar-refractivity contribution in [3.8, 4) is 5.69 Å². The summed E-state index contributed by atoms with van der Waals surface area (Å²) in [6.07, 6.45) is 2.43. The first-order chi connectivity index (χ1) is 10.9. The molecule has 1 atom stereocenters. The lowest BCUT2D eigenvalue weighted by Gasteiger charge is -2.36. The van der Waals surface area contributed by atoms with Gasteiger partial charge in [0, 0.05) is 12.0 Å². The first-order valence-corrected chi connectivity index (χ1v) is 8.34. The van der Waals surface area contributed by atoms with Crippen LogP contribution in [0.1, 0.15) is 56.6 Å². The van der Waals surface area contributed by atoms with Crippen LogP contribution in [0.15, 0.2) is 30.3 Å². The van der Waals surface area contributed by atoms with Crippen molar-refractivity contribution in [2.45, 2.75) is 53.0 Å². The minimum absolute atomic E-state index is 0.0543. The fourth-order valence-electron chi connectivity index (χ4n) is 3.59. The van der Waals surface area contributed by atoms with Crippen molar-refractivity contribution in [1.82, 2.24) is 15.1 Å². The average molecular weight is 311 g/mol. The molecule has 0 saturated carbocycles. The van der Waals surface area contributed by atoms with Crippen LogP contribution in [0.3, 0.4) is 0 Å². The van der Waals surface area contributed by atoms with Gasteiger partial charge in [-0.25, -0.2) is 4.68 Å². The van der Waals surface area contributed by atoms with Crippen molar-refractivity contribution in [3.63, 3.8) is 0 Å². The average Bonchev–Trinajstić information content (AvgIpc) is 2.83. The Morgan fingerprint density at radius 3 is 2.70 bits per heavy atom. The number of nitrogens with one attached hydrogen (secondary N) is 1. The number of aryl methyl sites for hydroxylation is 1. The van der Waals surface area contributed by atoms with Gasteiger partial charge in [0.1, 0.15) is 0 Å². The molecule has 1 aliphatic rings. The van der Waals surface area contributed by atoms with Crippen LogP contribution in [0.25, 0.3) is 5.69 Å². The summed E-state index contributed by atoms with van der Waals surface area (Å²) in [5.74, 6) is 0.102. The van der Waals surface area contributed by atoms with Gasteiger partial charge in [0.25, 0.3) is 0 Å². The van der Waals surface area contributed by atoms with Gasteiger partial charge in [0.05, 0.1) is 23.1 Å². The van der Waals surface area contributed by atoms with Crippen molar-refractivity contribution < 1.29 is 4.79 Å². The molecule has 0 unspecified atom stereocenters. The number of carbonyl (C=O) groups is 1.